The summed E-state index contributed by atoms with van der Waals surface area (Å²) in [7, 11) is 0. The van der Waals surface area contributed by atoms with Crippen molar-refractivity contribution in [2.24, 2.45) is 11.5 Å². The van der Waals surface area contributed by atoms with E-state index in [2.05, 4.69) is 0 Å². The molecule has 0 fully saturated rings. The molecule has 0 atom stereocenters. The van der Waals surface area contributed by atoms with Gasteiger partial charge in [-0.15, -0.1) is 0 Å². The second kappa shape index (κ2) is 11.6. The first-order chi connectivity index (χ1) is 4.00. The molecular formula is C3H10N3O3Pt+. The minimum Gasteiger partial charge on any atom is -0.356 e. The van der Waals surface area contributed by atoms with E-state index < -0.39 is 5.09 Å². The number of hydrogen-bond donors (Lipinski definition) is 2. The minimum absolute atomic E-state index is 0. The van der Waals surface area contributed by atoms with Crippen molar-refractivity contribution >= 4 is 0 Å². The zero-order valence-corrected chi connectivity index (χ0v) is 7.70. The van der Waals surface area contributed by atoms with Gasteiger partial charge in [-0.25, -0.2) is 0 Å². The van der Waals surface area contributed by atoms with Crippen LogP contribution in [0.5, 0.6) is 0 Å². The average molecular weight is 331 g/mol. The molecule has 0 saturated heterocycles. The Morgan fingerprint density at radius 2 is 1.60 bits per heavy atom. The quantitative estimate of drug-likeness (QED) is 0.378. The summed E-state index contributed by atoms with van der Waals surface area (Å²) in [5.74, 6) is 0. The van der Waals surface area contributed by atoms with E-state index in [1.165, 1.54) is 0 Å². The Morgan fingerprint density at radius 1 is 1.50 bits per heavy atom. The SMILES string of the molecule is CCC(N)N.O=[N+]([O-])[O-].[Pt+2]. The van der Waals surface area contributed by atoms with Crippen LogP contribution in [-0.2, 0) is 21.1 Å². The monoisotopic (exact) mass is 331 g/mol. The number of nitrogens with two attached hydrogens (primary N) is 2. The molecule has 64 valence electrons. The van der Waals surface area contributed by atoms with E-state index in [0.29, 0.717) is 0 Å². The Kier molecular flexibility index (Phi) is 19.0. The Bertz CT molecular complexity index is 75.4. The van der Waals surface area contributed by atoms with Gasteiger partial charge in [-0.05, 0) is 6.42 Å². The van der Waals surface area contributed by atoms with Crippen LogP contribution in [0.15, 0.2) is 0 Å². The molecule has 7 heteroatoms. The molecule has 0 aromatic carbocycles. The van der Waals surface area contributed by atoms with Crippen LogP contribution in [0.25, 0.3) is 0 Å². The van der Waals surface area contributed by atoms with Gasteiger partial charge in [0.1, 0.15) is 0 Å². The third-order valence-corrected chi connectivity index (χ3v) is 0.471. The summed E-state index contributed by atoms with van der Waals surface area (Å²) >= 11 is 0. The minimum atomic E-state index is -1.75. The maximum Gasteiger partial charge on any atom is 2.00 e. The molecule has 0 aromatic rings. The summed E-state index contributed by atoms with van der Waals surface area (Å²) in [4.78, 5) is 8.25. The predicted octanol–water partition coefficient (Wildman–Crippen LogP) is -0.602. The van der Waals surface area contributed by atoms with Crippen molar-refractivity contribution in [3.63, 3.8) is 0 Å². The molecular weight excluding hydrogens is 321 g/mol. The summed E-state index contributed by atoms with van der Waals surface area (Å²) < 4.78 is 0. The molecule has 0 aromatic heterocycles. The van der Waals surface area contributed by atoms with E-state index in [1.54, 1.807) is 0 Å². The average Bonchev–Trinajstić information content (AvgIpc) is 1.65. The Hall–Kier alpha value is -0.192. The largest absolute Gasteiger partial charge is 2.00 e. The molecule has 6 nitrogen and oxygen atoms in total. The van der Waals surface area contributed by atoms with Crippen molar-refractivity contribution in [3.05, 3.63) is 15.3 Å². The second-order valence-corrected chi connectivity index (χ2v) is 1.30. The van der Waals surface area contributed by atoms with Crippen LogP contribution in [0.1, 0.15) is 13.3 Å². The molecule has 4 N–H and O–H groups in total. The molecule has 0 saturated carbocycles. The molecule has 0 aliphatic carbocycles. The van der Waals surface area contributed by atoms with Crippen LogP contribution in [-0.4, -0.2) is 11.3 Å². The van der Waals surface area contributed by atoms with Gasteiger partial charge in [-0.1, -0.05) is 6.92 Å². The van der Waals surface area contributed by atoms with Gasteiger partial charge in [0.05, 0.1) is 11.3 Å². The first-order valence-electron chi connectivity index (χ1n) is 2.33. The zero-order chi connectivity index (χ0) is 7.86. The molecule has 0 rings (SSSR count). The standard InChI is InChI=1S/C3H10N2.NO3.Pt/c1-2-3(4)5;2-1(3)4;/h3H,2,4-5H2,1H3;;/q;-1;+2. The van der Waals surface area contributed by atoms with Crippen molar-refractivity contribution in [1.29, 1.82) is 0 Å². The molecule has 0 bridgehead atoms. The van der Waals surface area contributed by atoms with Gasteiger partial charge >= 0.3 is 21.1 Å². The third kappa shape index (κ3) is 111. The van der Waals surface area contributed by atoms with E-state index in [4.69, 9.17) is 26.8 Å². The van der Waals surface area contributed by atoms with Gasteiger partial charge in [-0.3, -0.25) is 0 Å². The van der Waals surface area contributed by atoms with Gasteiger partial charge in [-0.2, -0.15) is 0 Å². The van der Waals surface area contributed by atoms with Gasteiger partial charge in [0, 0.05) is 0 Å². The van der Waals surface area contributed by atoms with E-state index in [1.807, 2.05) is 6.92 Å². The number of hydrogen-bond acceptors (Lipinski definition) is 5. The molecule has 0 spiro atoms. The van der Waals surface area contributed by atoms with E-state index in [9.17, 15) is 0 Å². The molecule has 0 amide bonds. The summed E-state index contributed by atoms with van der Waals surface area (Å²) in [5, 5.41) is 14.8. The summed E-state index contributed by atoms with van der Waals surface area (Å²) in [6, 6.07) is 0. The molecule has 0 unspecified atom stereocenters. The van der Waals surface area contributed by atoms with E-state index in [0.717, 1.165) is 6.42 Å². The van der Waals surface area contributed by atoms with Crippen LogP contribution in [0, 0.1) is 15.3 Å². The molecule has 0 aliphatic rings. The smallest absolute Gasteiger partial charge is 0.356 e. The van der Waals surface area contributed by atoms with Crippen molar-refractivity contribution in [2.45, 2.75) is 19.5 Å². The van der Waals surface area contributed by atoms with E-state index in [-0.39, 0.29) is 27.2 Å². The summed E-state index contributed by atoms with van der Waals surface area (Å²) in [6.07, 6.45) is 0.745. The number of rotatable bonds is 1. The second-order valence-electron chi connectivity index (χ2n) is 1.30. The van der Waals surface area contributed by atoms with Crippen LogP contribution in [0.2, 0.25) is 0 Å². The van der Waals surface area contributed by atoms with Gasteiger partial charge in [0.2, 0.25) is 0 Å². The van der Waals surface area contributed by atoms with Crippen molar-refractivity contribution in [3.8, 4) is 0 Å². The molecule has 0 aliphatic heterocycles. The molecule has 0 radical (unpaired) electrons. The number of nitrogens with zero attached hydrogens (tertiary/aromatic N) is 1. The summed E-state index contributed by atoms with van der Waals surface area (Å²) in [5.41, 5.74) is 10.1. The third-order valence-electron chi connectivity index (χ3n) is 0.471. The predicted molar refractivity (Wildman–Crippen MR) is 32.8 cm³/mol. The maximum absolute atomic E-state index is 8.25. The Balaban J connectivity index is -0.0000000910. The van der Waals surface area contributed by atoms with Crippen LogP contribution in [0.4, 0.5) is 0 Å². The molecule has 0 heterocycles. The maximum atomic E-state index is 8.25. The van der Waals surface area contributed by atoms with Crippen LogP contribution < -0.4 is 11.5 Å². The fraction of sp³-hybridized carbons (Fsp3) is 1.00. The van der Waals surface area contributed by atoms with Gasteiger partial charge < -0.3 is 26.8 Å². The van der Waals surface area contributed by atoms with Crippen LogP contribution in [0.3, 0.4) is 0 Å². The topological polar surface area (TPSA) is 118 Å². The first kappa shape index (κ1) is 16.4. The Morgan fingerprint density at radius 3 is 1.60 bits per heavy atom. The summed E-state index contributed by atoms with van der Waals surface area (Å²) in [6.45, 7) is 1.95. The first-order valence-corrected chi connectivity index (χ1v) is 2.33. The fourth-order valence-electron chi connectivity index (χ4n) is 0. The van der Waals surface area contributed by atoms with Gasteiger partial charge in [0.25, 0.3) is 0 Å². The Labute approximate surface area is 72.9 Å². The van der Waals surface area contributed by atoms with Crippen molar-refractivity contribution in [2.75, 3.05) is 0 Å². The van der Waals surface area contributed by atoms with Crippen molar-refractivity contribution < 1.29 is 26.2 Å². The van der Waals surface area contributed by atoms with Crippen LogP contribution >= 0.6 is 0 Å². The zero-order valence-electron chi connectivity index (χ0n) is 5.43. The molecule has 10 heavy (non-hydrogen) atoms. The van der Waals surface area contributed by atoms with Crippen molar-refractivity contribution in [1.82, 2.24) is 0 Å². The van der Waals surface area contributed by atoms with Gasteiger partial charge in [0.15, 0.2) is 0 Å². The normalized spacial score (nSPS) is 7.20. The van der Waals surface area contributed by atoms with E-state index >= 15 is 0 Å². The fourth-order valence-corrected chi connectivity index (χ4v) is 0.